The summed E-state index contributed by atoms with van der Waals surface area (Å²) in [5, 5.41) is 1.99. The van der Waals surface area contributed by atoms with Crippen molar-refractivity contribution in [3.63, 3.8) is 0 Å². The Bertz CT molecular complexity index is 403. The lowest BCUT2D eigenvalue weighted by atomic mass is 10.2. The molecule has 0 aliphatic heterocycles. The summed E-state index contributed by atoms with van der Waals surface area (Å²) in [6, 6.07) is 8.11. The van der Waals surface area contributed by atoms with Crippen molar-refractivity contribution < 1.29 is 0 Å². The average molecular weight is 196 g/mol. The number of rotatable bonds is 1. The molecule has 1 heterocycles. The van der Waals surface area contributed by atoms with Crippen molar-refractivity contribution >= 4 is 33.0 Å². The fourth-order valence-electron chi connectivity index (χ4n) is 1.20. The smallest absolute Gasteiger partial charge is 0.0492 e. The van der Waals surface area contributed by atoms with Gasteiger partial charge in [-0.05, 0) is 31.5 Å². The Morgan fingerprint density at radius 3 is 2.92 bits per heavy atom. The van der Waals surface area contributed by atoms with Gasteiger partial charge in [0.25, 0.3) is 0 Å². The van der Waals surface area contributed by atoms with Gasteiger partial charge in [-0.1, -0.05) is 17.7 Å². The van der Waals surface area contributed by atoms with Crippen molar-refractivity contribution in [2.75, 3.05) is 0 Å². The highest BCUT2D eigenvalue weighted by Crippen LogP contribution is 2.30. The van der Waals surface area contributed by atoms with E-state index >= 15 is 0 Å². The van der Waals surface area contributed by atoms with E-state index in [1.165, 1.54) is 9.58 Å². The monoisotopic (exact) mass is 195 g/mol. The maximum absolute atomic E-state index is 6.01. The molecule has 2 aromatic rings. The van der Waals surface area contributed by atoms with Gasteiger partial charge in [0, 0.05) is 20.0 Å². The van der Waals surface area contributed by atoms with Gasteiger partial charge in [0.15, 0.2) is 0 Å². The van der Waals surface area contributed by atoms with E-state index in [-0.39, 0.29) is 0 Å². The van der Waals surface area contributed by atoms with Gasteiger partial charge >= 0.3 is 0 Å². The van der Waals surface area contributed by atoms with Gasteiger partial charge in [0.05, 0.1) is 0 Å². The van der Waals surface area contributed by atoms with Crippen LogP contribution in [0.4, 0.5) is 0 Å². The minimum Gasteiger partial charge on any atom is -0.140 e. The van der Waals surface area contributed by atoms with Gasteiger partial charge in [0.1, 0.15) is 0 Å². The molecular weight excluding hydrogens is 188 g/mol. The Morgan fingerprint density at radius 2 is 2.25 bits per heavy atom. The topological polar surface area (TPSA) is 0 Å². The lowest BCUT2D eigenvalue weighted by molar-refractivity contribution is 1.35. The number of fused-ring (bicyclic) bond motifs is 1. The largest absolute Gasteiger partial charge is 0.140 e. The van der Waals surface area contributed by atoms with Crippen molar-refractivity contribution in [2.45, 2.75) is 6.42 Å². The fraction of sp³-hybridized carbons (Fsp3) is 0.100. The highest BCUT2D eigenvalue weighted by molar-refractivity contribution is 7.19. The molecule has 12 heavy (non-hydrogen) atoms. The number of hydrogen-bond donors (Lipinski definition) is 0. The molecule has 0 saturated carbocycles. The Balaban J connectivity index is 2.74. The van der Waals surface area contributed by atoms with Crippen LogP contribution in [0.3, 0.4) is 0 Å². The Kier molecular flexibility index (Phi) is 2.07. The SMILES string of the molecule is [CH2]Cc1cc2c(Cl)cccc2s1. The molecule has 1 aromatic heterocycles. The van der Waals surface area contributed by atoms with Gasteiger partial charge in [0.2, 0.25) is 0 Å². The molecule has 1 aromatic carbocycles. The summed E-state index contributed by atoms with van der Waals surface area (Å²) < 4.78 is 1.25. The number of halogens is 1. The summed E-state index contributed by atoms with van der Waals surface area (Å²) in [6.45, 7) is 3.85. The lowest BCUT2D eigenvalue weighted by Gasteiger charge is -1.89. The summed E-state index contributed by atoms with van der Waals surface area (Å²) in [5.41, 5.74) is 0. The van der Waals surface area contributed by atoms with Crippen LogP contribution in [-0.4, -0.2) is 0 Å². The highest BCUT2D eigenvalue weighted by atomic mass is 35.5. The lowest BCUT2D eigenvalue weighted by Crippen LogP contribution is -1.66. The Morgan fingerprint density at radius 1 is 1.42 bits per heavy atom. The molecule has 0 unspecified atom stereocenters. The molecule has 61 valence electrons. The summed E-state index contributed by atoms with van der Waals surface area (Å²) in [7, 11) is 0. The summed E-state index contributed by atoms with van der Waals surface area (Å²) in [5.74, 6) is 0. The molecule has 0 aliphatic rings. The number of hydrogen-bond acceptors (Lipinski definition) is 1. The zero-order valence-corrected chi connectivity index (χ0v) is 8.08. The molecule has 0 fully saturated rings. The van der Waals surface area contributed by atoms with Crippen LogP contribution in [0, 0.1) is 6.92 Å². The average Bonchev–Trinajstić information content (AvgIpc) is 2.49. The van der Waals surface area contributed by atoms with E-state index in [2.05, 4.69) is 19.1 Å². The third kappa shape index (κ3) is 1.23. The first-order chi connectivity index (χ1) is 5.81. The van der Waals surface area contributed by atoms with Crippen LogP contribution in [0.2, 0.25) is 5.02 Å². The van der Waals surface area contributed by atoms with Crippen molar-refractivity contribution in [3.05, 3.63) is 41.1 Å². The van der Waals surface area contributed by atoms with Crippen LogP contribution in [0.5, 0.6) is 0 Å². The van der Waals surface area contributed by atoms with Crippen molar-refractivity contribution in [3.8, 4) is 0 Å². The van der Waals surface area contributed by atoms with Crippen molar-refractivity contribution in [1.29, 1.82) is 0 Å². The van der Waals surface area contributed by atoms with E-state index in [1.54, 1.807) is 11.3 Å². The maximum atomic E-state index is 6.01. The fourth-order valence-corrected chi connectivity index (χ4v) is 2.47. The third-order valence-corrected chi connectivity index (χ3v) is 3.30. The van der Waals surface area contributed by atoms with E-state index in [4.69, 9.17) is 11.6 Å². The van der Waals surface area contributed by atoms with Crippen LogP contribution >= 0.6 is 22.9 Å². The maximum Gasteiger partial charge on any atom is 0.0492 e. The normalized spacial score (nSPS) is 10.8. The minimum atomic E-state index is 0.837. The van der Waals surface area contributed by atoms with Crippen LogP contribution in [-0.2, 0) is 6.42 Å². The third-order valence-electron chi connectivity index (χ3n) is 1.81. The van der Waals surface area contributed by atoms with Gasteiger partial charge in [-0.3, -0.25) is 0 Å². The number of thiophene rings is 1. The van der Waals surface area contributed by atoms with Gasteiger partial charge in [-0.15, -0.1) is 11.3 Å². The quantitative estimate of drug-likeness (QED) is 0.647. The molecule has 0 N–H and O–H groups in total. The van der Waals surface area contributed by atoms with Crippen molar-refractivity contribution in [2.24, 2.45) is 0 Å². The van der Waals surface area contributed by atoms with E-state index in [0.29, 0.717) is 0 Å². The summed E-state index contributed by atoms with van der Waals surface area (Å²) >= 11 is 7.78. The summed E-state index contributed by atoms with van der Waals surface area (Å²) in [6.07, 6.45) is 0.843. The van der Waals surface area contributed by atoms with Crippen LogP contribution < -0.4 is 0 Å². The first-order valence-electron chi connectivity index (χ1n) is 3.77. The molecule has 2 heteroatoms. The second-order valence-electron chi connectivity index (χ2n) is 2.61. The summed E-state index contributed by atoms with van der Waals surface area (Å²) in [4.78, 5) is 1.29. The van der Waals surface area contributed by atoms with Crippen molar-refractivity contribution in [1.82, 2.24) is 0 Å². The van der Waals surface area contributed by atoms with E-state index in [0.717, 1.165) is 16.8 Å². The molecular formula is C10H8ClS. The minimum absolute atomic E-state index is 0.837. The van der Waals surface area contributed by atoms with Crippen LogP contribution in [0.25, 0.3) is 10.1 Å². The molecule has 1 radical (unpaired) electrons. The molecule has 0 bridgehead atoms. The van der Waals surface area contributed by atoms with E-state index in [1.807, 2.05) is 12.1 Å². The molecule has 2 rings (SSSR count). The Hall–Kier alpha value is -0.530. The first-order valence-corrected chi connectivity index (χ1v) is 4.97. The molecule has 0 amide bonds. The molecule has 0 atom stereocenters. The second-order valence-corrected chi connectivity index (χ2v) is 4.19. The first kappa shape index (κ1) is 8.09. The predicted molar refractivity (Wildman–Crippen MR) is 55.9 cm³/mol. The molecule has 0 spiro atoms. The standard InChI is InChI=1S/C10H8ClS/c1-2-7-6-8-9(11)4-3-5-10(8)12-7/h3-6H,1-2H2. The van der Waals surface area contributed by atoms with E-state index in [9.17, 15) is 0 Å². The van der Waals surface area contributed by atoms with Gasteiger partial charge in [-0.25, -0.2) is 0 Å². The molecule has 0 nitrogen and oxygen atoms in total. The zero-order valence-electron chi connectivity index (χ0n) is 6.51. The highest BCUT2D eigenvalue weighted by Gasteiger charge is 2.02. The molecule has 0 saturated heterocycles. The Labute approximate surface area is 80.8 Å². The van der Waals surface area contributed by atoms with Crippen LogP contribution in [0.15, 0.2) is 24.3 Å². The second kappa shape index (κ2) is 3.08. The zero-order chi connectivity index (χ0) is 8.55. The predicted octanol–water partition coefficient (Wildman–Crippen LogP) is 3.93. The van der Waals surface area contributed by atoms with Gasteiger partial charge < -0.3 is 0 Å². The molecule has 0 aliphatic carbocycles. The van der Waals surface area contributed by atoms with Gasteiger partial charge in [-0.2, -0.15) is 0 Å². The van der Waals surface area contributed by atoms with Crippen LogP contribution in [0.1, 0.15) is 4.88 Å². The van der Waals surface area contributed by atoms with E-state index < -0.39 is 0 Å². The number of benzene rings is 1.